The van der Waals surface area contributed by atoms with Crippen molar-refractivity contribution in [2.45, 2.75) is 26.2 Å². The van der Waals surface area contributed by atoms with Crippen molar-refractivity contribution in [2.24, 2.45) is 0 Å². The van der Waals surface area contributed by atoms with Gasteiger partial charge in [0.2, 0.25) is 0 Å². The number of rotatable bonds is 2. The van der Waals surface area contributed by atoms with E-state index in [0.29, 0.717) is 0 Å². The van der Waals surface area contributed by atoms with Crippen LogP contribution in [-0.4, -0.2) is 0 Å². The molecule has 1 aromatic heterocycles. The van der Waals surface area contributed by atoms with Gasteiger partial charge in [-0.1, -0.05) is 73.1 Å². The lowest BCUT2D eigenvalue weighted by atomic mass is 9.86. The third kappa shape index (κ3) is 3.34. The first-order chi connectivity index (χ1) is 10.4. The maximum atomic E-state index is 3.49. The van der Waals surface area contributed by atoms with Crippen LogP contribution < -0.4 is 0 Å². The Labute approximate surface area is 145 Å². The quantitative estimate of drug-likeness (QED) is 0.449. The van der Waals surface area contributed by atoms with Gasteiger partial charge in [-0.05, 0) is 46.4 Å². The molecule has 0 fully saturated rings. The van der Waals surface area contributed by atoms with E-state index < -0.39 is 0 Å². The second kappa shape index (κ2) is 6.02. The fourth-order valence-electron chi connectivity index (χ4n) is 2.40. The molecule has 0 saturated carbocycles. The Hall–Kier alpha value is -1.38. The summed E-state index contributed by atoms with van der Waals surface area (Å²) in [4.78, 5) is 2.63. The van der Waals surface area contributed by atoms with Crippen LogP contribution in [0.4, 0.5) is 0 Å². The lowest BCUT2D eigenvalue weighted by molar-refractivity contribution is 0.590. The molecule has 0 spiro atoms. The fraction of sp³-hybridized carbons (Fsp3) is 0.200. The van der Waals surface area contributed by atoms with Gasteiger partial charge in [0.25, 0.3) is 0 Å². The molecule has 22 heavy (non-hydrogen) atoms. The summed E-state index contributed by atoms with van der Waals surface area (Å²) in [5, 5.41) is 0. The van der Waals surface area contributed by atoms with E-state index >= 15 is 0 Å². The normalized spacial score (nSPS) is 11.6. The maximum absolute atomic E-state index is 3.49. The molecule has 0 aliphatic rings. The average molecular weight is 371 g/mol. The average Bonchev–Trinajstić information content (AvgIpc) is 2.97. The molecule has 2 heteroatoms. The minimum absolute atomic E-state index is 0.205. The molecule has 0 unspecified atom stereocenters. The maximum Gasteiger partial charge on any atom is 0.0349 e. The van der Waals surface area contributed by atoms with Crippen LogP contribution >= 0.6 is 27.3 Å². The van der Waals surface area contributed by atoms with Gasteiger partial charge in [0.1, 0.15) is 0 Å². The van der Waals surface area contributed by atoms with Gasteiger partial charge < -0.3 is 0 Å². The Morgan fingerprint density at radius 1 is 0.682 bits per heavy atom. The van der Waals surface area contributed by atoms with E-state index in [1.807, 2.05) is 11.3 Å². The van der Waals surface area contributed by atoms with Crippen LogP contribution in [0.1, 0.15) is 26.3 Å². The first kappa shape index (κ1) is 15.5. The number of thiophene rings is 1. The largest absolute Gasteiger partial charge is 0.135 e. The van der Waals surface area contributed by atoms with Gasteiger partial charge in [0, 0.05) is 14.2 Å². The molecule has 0 amide bonds. The van der Waals surface area contributed by atoms with Crippen LogP contribution in [0.2, 0.25) is 0 Å². The Balaban J connectivity index is 1.89. The van der Waals surface area contributed by atoms with Gasteiger partial charge in [0.15, 0.2) is 0 Å². The van der Waals surface area contributed by atoms with Crippen molar-refractivity contribution in [1.29, 1.82) is 0 Å². The topological polar surface area (TPSA) is 0 Å². The molecule has 0 N–H and O–H groups in total. The van der Waals surface area contributed by atoms with Gasteiger partial charge in [-0.15, -0.1) is 11.3 Å². The van der Waals surface area contributed by atoms with Crippen molar-refractivity contribution in [3.05, 3.63) is 70.7 Å². The van der Waals surface area contributed by atoms with Crippen molar-refractivity contribution in [3.8, 4) is 20.9 Å². The zero-order chi connectivity index (χ0) is 15.7. The second-order valence-electron chi connectivity index (χ2n) is 6.50. The van der Waals surface area contributed by atoms with Crippen LogP contribution in [-0.2, 0) is 5.41 Å². The summed E-state index contributed by atoms with van der Waals surface area (Å²) in [5.41, 5.74) is 4.14. The number of hydrogen-bond donors (Lipinski definition) is 0. The minimum Gasteiger partial charge on any atom is -0.135 e. The fourth-order valence-corrected chi connectivity index (χ4v) is 3.68. The minimum atomic E-state index is 0.205. The molecule has 112 valence electrons. The lowest BCUT2D eigenvalue weighted by Crippen LogP contribution is -2.10. The Morgan fingerprint density at radius 2 is 1.14 bits per heavy atom. The zero-order valence-electron chi connectivity index (χ0n) is 13.1. The summed E-state index contributed by atoms with van der Waals surface area (Å²) in [6.45, 7) is 6.75. The highest BCUT2D eigenvalue weighted by atomic mass is 79.9. The van der Waals surface area contributed by atoms with E-state index in [1.54, 1.807) is 0 Å². The molecule has 2 aromatic carbocycles. The molecule has 3 aromatic rings. The third-order valence-corrected chi connectivity index (χ3v) is 5.48. The van der Waals surface area contributed by atoms with Crippen LogP contribution in [0.15, 0.2) is 65.1 Å². The zero-order valence-corrected chi connectivity index (χ0v) is 15.5. The highest BCUT2D eigenvalue weighted by molar-refractivity contribution is 9.10. The van der Waals surface area contributed by atoms with Crippen molar-refractivity contribution >= 4 is 27.3 Å². The summed E-state index contributed by atoms with van der Waals surface area (Å²) in [5.74, 6) is 0. The summed E-state index contributed by atoms with van der Waals surface area (Å²) in [7, 11) is 0. The summed E-state index contributed by atoms with van der Waals surface area (Å²) < 4.78 is 1.12. The van der Waals surface area contributed by atoms with Crippen molar-refractivity contribution in [2.75, 3.05) is 0 Å². The third-order valence-electron chi connectivity index (χ3n) is 3.77. The van der Waals surface area contributed by atoms with Crippen LogP contribution in [0.25, 0.3) is 20.9 Å². The second-order valence-corrected chi connectivity index (χ2v) is 8.50. The number of benzene rings is 2. The van der Waals surface area contributed by atoms with Crippen LogP contribution in [0, 0.1) is 0 Å². The molecule has 0 nitrogen and oxygen atoms in total. The number of halogens is 1. The van der Waals surface area contributed by atoms with Gasteiger partial charge in [0.05, 0.1) is 0 Å². The molecular formula is C20H19BrS. The van der Waals surface area contributed by atoms with E-state index in [0.717, 1.165) is 4.47 Å². The monoisotopic (exact) mass is 370 g/mol. The Kier molecular flexibility index (Phi) is 4.24. The van der Waals surface area contributed by atoms with Gasteiger partial charge in [-0.2, -0.15) is 0 Å². The van der Waals surface area contributed by atoms with E-state index in [-0.39, 0.29) is 5.41 Å². The van der Waals surface area contributed by atoms with Crippen LogP contribution in [0.5, 0.6) is 0 Å². The van der Waals surface area contributed by atoms with Gasteiger partial charge >= 0.3 is 0 Å². The van der Waals surface area contributed by atoms with E-state index in [4.69, 9.17) is 0 Å². The predicted molar refractivity (Wildman–Crippen MR) is 102 cm³/mol. The highest BCUT2D eigenvalue weighted by Gasteiger charge is 2.13. The standard InChI is InChI=1S/C20H19BrS/c1-20(2,3)16-8-4-14(5-9-16)18-12-13-19(22-18)15-6-10-17(21)11-7-15/h4-13H,1-3H3. The molecule has 0 atom stereocenters. The highest BCUT2D eigenvalue weighted by Crippen LogP contribution is 2.35. The van der Waals surface area contributed by atoms with E-state index in [2.05, 4.69) is 97.4 Å². The Morgan fingerprint density at radius 3 is 1.59 bits per heavy atom. The van der Waals surface area contributed by atoms with Crippen LogP contribution in [0.3, 0.4) is 0 Å². The number of hydrogen-bond acceptors (Lipinski definition) is 1. The molecule has 1 heterocycles. The van der Waals surface area contributed by atoms with Crippen molar-refractivity contribution in [1.82, 2.24) is 0 Å². The van der Waals surface area contributed by atoms with Gasteiger partial charge in [-0.25, -0.2) is 0 Å². The molecule has 0 bridgehead atoms. The molecule has 0 radical (unpaired) electrons. The lowest BCUT2D eigenvalue weighted by Gasteiger charge is -2.18. The predicted octanol–water partition coefficient (Wildman–Crippen LogP) is 7.14. The first-order valence-corrected chi connectivity index (χ1v) is 9.01. The van der Waals surface area contributed by atoms with Crippen molar-refractivity contribution < 1.29 is 0 Å². The summed E-state index contributed by atoms with van der Waals surface area (Å²) in [6, 6.07) is 21.9. The van der Waals surface area contributed by atoms with E-state index in [9.17, 15) is 0 Å². The molecular weight excluding hydrogens is 352 g/mol. The molecule has 0 aliphatic carbocycles. The van der Waals surface area contributed by atoms with Gasteiger partial charge in [-0.3, -0.25) is 0 Å². The molecule has 0 aliphatic heterocycles. The first-order valence-electron chi connectivity index (χ1n) is 7.40. The SMILES string of the molecule is CC(C)(C)c1ccc(-c2ccc(-c3ccc(Br)cc3)s2)cc1. The molecule has 0 saturated heterocycles. The van der Waals surface area contributed by atoms with E-state index in [1.165, 1.54) is 26.4 Å². The summed E-state index contributed by atoms with van der Waals surface area (Å²) >= 11 is 5.33. The molecule has 3 rings (SSSR count). The smallest absolute Gasteiger partial charge is 0.0349 e. The van der Waals surface area contributed by atoms with Crippen molar-refractivity contribution in [3.63, 3.8) is 0 Å². The summed E-state index contributed by atoms with van der Waals surface area (Å²) in [6.07, 6.45) is 0. The Bertz CT molecular complexity index is 759.